The zero-order valence-electron chi connectivity index (χ0n) is 36.0. The molecule has 0 saturated heterocycles. The third kappa shape index (κ3) is 5.78. The molecule has 2 nitrogen and oxygen atoms in total. The molecule has 0 fully saturated rings. The molecular weight excluding hydrogens is 839 g/mol. The molecule has 4 heteroatoms. The van der Waals surface area contributed by atoms with Crippen molar-refractivity contribution >= 4 is 90.6 Å². The highest BCUT2D eigenvalue weighted by Crippen LogP contribution is 2.54. The molecule has 1 unspecified atom stereocenters. The van der Waals surface area contributed by atoms with Gasteiger partial charge < -0.3 is 9.32 Å². The van der Waals surface area contributed by atoms with Crippen LogP contribution in [0.25, 0.3) is 118 Å². The first kappa shape index (κ1) is 37.6. The van der Waals surface area contributed by atoms with E-state index >= 15 is 0 Å². The lowest BCUT2D eigenvalue weighted by Gasteiger charge is -2.39. The molecule has 66 heavy (non-hydrogen) atoms. The largest absolute Gasteiger partial charge is 0.456 e. The van der Waals surface area contributed by atoms with E-state index < -0.39 is 0 Å². The molecule has 310 valence electrons. The van der Waals surface area contributed by atoms with Crippen LogP contribution in [-0.4, -0.2) is 7.05 Å². The monoisotopic (exact) mass is 877 g/mol. The molecule has 14 rings (SSSR count). The summed E-state index contributed by atoms with van der Waals surface area (Å²) in [5.74, 6) is 0. The summed E-state index contributed by atoms with van der Waals surface area (Å²) in [7, 11) is 2.23. The van der Waals surface area contributed by atoms with Crippen molar-refractivity contribution in [1.82, 2.24) is 0 Å². The second-order valence-corrected chi connectivity index (χ2v) is 19.8. The van der Waals surface area contributed by atoms with Gasteiger partial charge in [0, 0.05) is 75.0 Å². The van der Waals surface area contributed by atoms with Crippen molar-refractivity contribution in [2.75, 3.05) is 11.9 Å². The van der Waals surface area contributed by atoms with Gasteiger partial charge in [0.05, 0.1) is 6.04 Å². The van der Waals surface area contributed by atoms with Crippen LogP contribution in [0, 0.1) is 0 Å². The summed E-state index contributed by atoms with van der Waals surface area (Å²) in [5.41, 5.74) is 17.5. The molecule has 0 spiro atoms. The Morgan fingerprint density at radius 3 is 1.59 bits per heavy atom. The van der Waals surface area contributed by atoms with Crippen LogP contribution in [0.5, 0.6) is 0 Å². The number of nitrogens with zero attached hydrogens (tertiary/aromatic N) is 1. The van der Waals surface area contributed by atoms with E-state index in [-0.39, 0.29) is 6.04 Å². The summed E-state index contributed by atoms with van der Waals surface area (Å²) < 4.78 is 12.1. The topological polar surface area (TPSA) is 16.4 Å². The highest BCUT2D eigenvalue weighted by Gasteiger charge is 2.34. The second kappa shape index (κ2) is 14.6. The number of thiophene rings is 2. The molecule has 0 N–H and O–H groups in total. The van der Waals surface area contributed by atoms with Crippen molar-refractivity contribution in [3.05, 3.63) is 223 Å². The Morgan fingerprint density at radius 2 is 0.909 bits per heavy atom. The van der Waals surface area contributed by atoms with Gasteiger partial charge in [-0.05, 0) is 122 Å². The maximum atomic E-state index is 6.82. The quantitative estimate of drug-likeness (QED) is 0.171. The fourth-order valence-electron chi connectivity index (χ4n) is 10.9. The van der Waals surface area contributed by atoms with Crippen LogP contribution in [0.2, 0.25) is 0 Å². The summed E-state index contributed by atoms with van der Waals surface area (Å²) in [4.78, 5) is 2.43. The zero-order valence-corrected chi connectivity index (χ0v) is 37.6. The summed E-state index contributed by atoms with van der Waals surface area (Å²) in [6.45, 7) is 0. The van der Waals surface area contributed by atoms with Gasteiger partial charge in [-0.3, -0.25) is 0 Å². The van der Waals surface area contributed by atoms with E-state index in [0.717, 1.165) is 27.5 Å². The molecule has 4 heterocycles. The van der Waals surface area contributed by atoms with E-state index in [2.05, 4.69) is 224 Å². The number of benzene rings is 10. The molecule has 10 aromatic carbocycles. The minimum Gasteiger partial charge on any atom is -0.456 e. The van der Waals surface area contributed by atoms with E-state index in [1.165, 1.54) is 107 Å². The Bertz CT molecular complexity index is 3960. The summed E-state index contributed by atoms with van der Waals surface area (Å²) in [5, 5.41) is 7.53. The van der Waals surface area contributed by atoms with Crippen LogP contribution in [-0.2, 0) is 0 Å². The number of rotatable bonds is 5. The van der Waals surface area contributed by atoms with Crippen LogP contribution in [0.3, 0.4) is 0 Å². The molecule has 3 aromatic heterocycles. The van der Waals surface area contributed by atoms with E-state index in [1.807, 2.05) is 22.7 Å². The lowest BCUT2D eigenvalue weighted by atomic mass is 9.79. The average Bonchev–Trinajstić information content (AvgIpc) is 4.07. The van der Waals surface area contributed by atoms with Crippen LogP contribution in [0.4, 0.5) is 5.69 Å². The van der Waals surface area contributed by atoms with Crippen LogP contribution in [0.15, 0.2) is 217 Å². The number of furan rings is 1. The van der Waals surface area contributed by atoms with Crippen molar-refractivity contribution < 1.29 is 4.42 Å². The Morgan fingerprint density at radius 1 is 0.379 bits per heavy atom. The first-order chi connectivity index (χ1) is 32.6. The first-order valence-electron chi connectivity index (χ1n) is 22.6. The van der Waals surface area contributed by atoms with E-state index in [0.29, 0.717) is 0 Å². The molecule has 1 aliphatic heterocycles. The van der Waals surface area contributed by atoms with Gasteiger partial charge in [0.25, 0.3) is 0 Å². The molecule has 0 saturated carbocycles. The lowest BCUT2D eigenvalue weighted by Crippen LogP contribution is -2.29. The fourth-order valence-corrected chi connectivity index (χ4v) is 13.2. The summed E-state index contributed by atoms with van der Waals surface area (Å²) in [6.07, 6.45) is 0. The lowest BCUT2D eigenvalue weighted by molar-refractivity contribution is 0.666. The van der Waals surface area contributed by atoms with Gasteiger partial charge in [0.2, 0.25) is 0 Å². The molecule has 0 radical (unpaired) electrons. The zero-order chi connectivity index (χ0) is 43.5. The van der Waals surface area contributed by atoms with Crippen molar-refractivity contribution in [2.24, 2.45) is 0 Å². The van der Waals surface area contributed by atoms with Crippen molar-refractivity contribution in [3.63, 3.8) is 0 Å². The van der Waals surface area contributed by atoms with E-state index in [4.69, 9.17) is 4.42 Å². The second-order valence-electron chi connectivity index (χ2n) is 17.6. The summed E-state index contributed by atoms with van der Waals surface area (Å²) in [6, 6.07) is 78.6. The van der Waals surface area contributed by atoms with Crippen LogP contribution < -0.4 is 4.90 Å². The molecule has 0 amide bonds. The normalized spacial score (nSPS) is 13.7. The van der Waals surface area contributed by atoms with Gasteiger partial charge in [0.1, 0.15) is 11.2 Å². The van der Waals surface area contributed by atoms with E-state index in [9.17, 15) is 0 Å². The number of hydrogen-bond acceptors (Lipinski definition) is 4. The molecule has 0 bridgehead atoms. The predicted molar refractivity (Wildman–Crippen MR) is 283 cm³/mol. The number of para-hydroxylation sites is 2. The van der Waals surface area contributed by atoms with Gasteiger partial charge in [-0.25, -0.2) is 0 Å². The number of fused-ring (bicyclic) bond motifs is 12. The fraction of sp³-hybridized carbons (Fsp3) is 0.0323. The molecule has 1 aliphatic rings. The van der Waals surface area contributed by atoms with Crippen molar-refractivity contribution in [3.8, 4) is 55.6 Å². The number of anilines is 1. The highest BCUT2D eigenvalue weighted by atomic mass is 32.1. The maximum absolute atomic E-state index is 6.82. The maximum Gasteiger partial charge on any atom is 0.136 e. The van der Waals surface area contributed by atoms with Crippen LogP contribution >= 0.6 is 22.7 Å². The molecule has 1 atom stereocenters. The Labute approximate surface area is 389 Å². The predicted octanol–water partition coefficient (Wildman–Crippen LogP) is 18.2. The molecule has 0 aliphatic carbocycles. The smallest absolute Gasteiger partial charge is 0.136 e. The van der Waals surface area contributed by atoms with Crippen molar-refractivity contribution in [1.29, 1.82) is 0 Å². The number of hydrogen-bond donors (Lipinski definition) is 0. The molecular formula is C62H39NOS2. The van der Waals surface area contributed by atoms with Gasteiger partial charge in [0.15, 0.2) is 0 Å². The standard InChI is InChI=1S/C62H39NOS2/c1-63-52-22-9-5-20-49(52)60-51(62(63)37-14-3-2-4-15-37)36-54-61(50-21-6-10-23-53(50)64-54)59(60)41-17-13-16-38(30-41)42-31-43(39-26-28-47-45-18-7-11-24-55(45)65-57(47)34-39)33-44(32-42)40-27-29-48-46-19-8-12-25-56(46)66-58(48)35-40/h2-36,62H,1H3. The van der Waals surface area contributed by atoms with Gasteiger partial charge in [-0.2, -0.15) is 0 Å². The van der Waals surface area contributed by atoms with Gasteiger partial charge in [-0.1, -0.05) is 146 Å². The van der Waals surface area contributed by atoms with Crippen molar-refractivity contribution in [2.45, 2.75) is 6.04 Å². The Kier molecular flexibility index (Phi) is 8.33. The first-order valence-corrected chi connectivity index (χ1v) is 24.2. The Hall–Kier alpha value is -7.76. The highest BCUT2D eigenvalue weighted by molar-refractivity contribution is 7.26. The van der Waals surface area contributed by atoms with Gasteiger partial charge in [-0.15, -0.1) is 22.7 Å². The summed E-state index contributed by atoms with van der Waals surface area (Å²) >= 11 is 3.75. The third-order valence-corrected chi connectivity index (χ3v) is 16.2. The van der Waals surface area contributed by atoms with E-state index in [1.54, 1.807) is 0 Å². The van der Waals surface area contributed by atoms with Gasteiger partial charge >= 0.3 is 0 Å². The SMILES string of the molecule is CN1c2ccccc2-c2c(cc3oc4ccccc4c3c2-c2cccc(-c3cc(-c4ccc5c(c4)sc4ccccc45)cc(-c4ccc5c(c4)sc4ccccc45)c3)c2)C1c1ccccc1. The molecule has 13 aromatic rings. The average molecular weight is 878 g/mol. The Balaban J connectivity index is 1.01. The minimum absolute atomic E-state index is 0.00793. The van der Waals surface area contributed by atoms with Crippen LogP contribution in [0.1, 0.15) is 17.2 Å². The minimum atomic E-state index is -0.00793. The third-order valence-electron chi connectivity index (χ3n) is 13.9.